The molecule has 6 nitrogen and oxygen atoms in total. The van der Waals surface area contributed by atoms with Crippen LogP contribution in [-0.2, 0) is 0 Å². The van der Waals surface area contributed by atoms with Gasteiger partial charge in [-0.05, 0) is 0 Å². The van der Waals surface area contributed by atoms with Crippen LogP contribution in [0.3, 0.4) is 0 Å². The predicted molar refractivity (Wildman–Crippen MR) is 54.5 cm³/mol. The Morgan fingerprint density at radius 3 is 2.88 bits per heavy atom. The van der Waals surface area contributed by atoms with Crippen molar-refractivity contribution in [3.05, 3.63) is 30.9 Å². The molecule has 0 saturated carbocycles. The molecule has 0 aliphatic heterocycles. The van der Waals surface area contributed by atoms with Crippen LogP contribution < -0.4 is 0 Å². The zero-order chi connectivity index (χ0) is 11.0. The second-order valence-electron chi connectivity index (χ2n) is 3.13. The Labute approximate surface area is 89.6 Å². The van der Waals surface area contributed by atoms with E-state index in [4.69, 9.17) is 4.42 Å². The van der Waals surface area contributed by atoms with Gasteiger partial charge in [0, 0.05) is 18.5 Å². The standard InChI is InChI=1S/C10H6N4O2/c15-6-3-7-9(13-4-6)16-10(14-7)8-5-11-1-2-12-8/h1-5,15H. The van der Waals surface area contributed by atoms with E-state index < -0.39 is 0 Å². The normalized spacial score (nSPS) is 10.8. The Hall–Kier alpha value is -2.50. The van der Waals surface area contributed by atoms with Gasteiger partial charge in [0.15, 0.2) is 0 Å². The van der Waals surface area contributed by atoms with Crippen molar-refractivity contribution in [2.24, 2.45) is 0 Å². The number of aromatic hydroxyl groups is 1. The lowest BCUT2D eigenvalue weighted by molar-refractivity contribution is 0.473. The molecule has 0 aliphatic rings. The molecule has 0 bridgehead atoms. The van der Waals surface area contributed by atoms with E-state index >= 15 is 0 Å². The van der Waals surface area contributed by atoms with Crippen LogP contribution in [-0.4, -0.2) is 25.0 Å². The van der Waals surface area contributed by atoms with Crippen LogP contribution in [0.5, 0.6) is 5.75 Å². The largest absolute Gasteiger partial charge is 0.506 e. The van der Waals surface area contributed by atoms with Crippen LogP contribution in [0.2, 0.25) is 0 Å². The molecule has 0 aromatic carbocycles. The third-order valence-electron chi connectivity index (χ3n) is 2.02. The first-order chi connectivity index (χ1) is 7.83. The van der Waals surface area contributed by atoms with Crippen LogP contribution in [0.4, 0.5) is 0 Å². The summed E-state index contributed by atoms with van der Waals surface area (Å²) in [5.74, 6) is 0.382. The molecular formula is C10H6N4O2. The van der Waals surface area contributed by atoms with Gasteiger partial charge < -0.3 is 9.52 Å². The number of aromatic nitrogens is 4. The van der Waals surface area contributed by atoms with E-state index in [0.717, 1.165) is 0 Å². The van der Waals surface area contributed by atoms with Gasteiger partial charge >= 0.3 is 0 Å². The van der Waals surface area contributed by atoms with Crippen molar-refractivity contribution in [1.82, 2.24) is 19.9 Å². The van der Waals surface area contributed by atoms with E-state index in [9.17, 15) is 5.11 Å². The van der Waals surface area contributed by atoms with Gasteiger partial charge in [-0.2, -0.15) is 0 Å². The highest BCUT2D eigenvalue weighted by molar-refractivity contribution is 5.72. The van der Waals surface area contributed by atoms with Crippen molar-refractivity contribution < 1.29 is 9.52 Å². The molecule has 0 spiro atoms. The fraction of sp³-hybridized carbons (Fsp3) is 0. The summed E-state index contributed by atoms with van der Waals surface area (Å²) in [5, 5.41) is 9.24. The molecule has 3 rings (SSSR count). The number of hydrogen-bond acceptors (Lipinski definition) is 6. The van der Waals surface area contributed by atoms with Crippen molar-refractivity contribution in [3.8, 4) is 17.3 Å². The smallest absolute Gasteiger partial charge is 0.249 e. The molecule has 0 amide bonds. The Morgan fingerprint density at radius 2 is 2.06 bits per heavy atom. The van der Waals surface area contributed by atoms with E-state index in [2.05, 4.69) is 19.9 Å². The molecule has 3 aromatic rings. The van der Waals surface area contributed by atoms with Crippen molar-refractivity contribution in [1.29, 1.82) is 0 Å². The van der Waals surface area contributed by atoms with Crippen molar-refractivity contribution in [2.75, 3.05) is 0 Å². The van der Waals surface area contributed by atoms with Gasteiger partial charge in [-0.15, -0.1) is 0 Å². The summed E-state index contributed by atoms with van der Waals surface area (Å²) in [4.78, 5) is 16.0. The van der Waals surface area contributed by atoms with Crippen molar-refractivity contribution in [2.45, 2.75) is 0 Å². The molecule has 3 aromatic heterocycles. The molecule has 6 heteroatoms. The fourth-order valence-electron chi connectivity index (χ4n) is 1.33. The van der Waals surface area contributed by atoms with Gasteiger partial charge in [-0.3, -0.25) is 4.98 Å². The average molecular weight is 214 g/mol. The fourth-order valence-corrected chi connectivity index (χ4v) is 1.33. The van der Waals surface area contributed by atoms with Crippen LogP contribution >= 0.6 is 0 Å². The Kier molecular flexibility index (Phi) is 1.79. The molecule has 0 radical (unpaired) electrons. The highest BCUT2D eigenvalue weighted by Crippen LogP contribution is 2.22. The van der Waals surface area contributed by atoms with Gasteiger partial charge in [0.1, 0.15) is 17.0 Å². The third kappa shape index (κ3) is 1.36. The molecular weight excluding hydrogens is 208 g/mol. The first kappa shape index (κ1) is 8.78. The molecule has 1 N–H and O–H groups in total. The number of nitrogens with zero attached hydrogens (tertiary/aromatic N) is 4. The number of pyridine rings is 1. The number of hydrogen-bond donors (Lipinski definition) is 1. The van der Waals surface area contributed by atoms with Crippen LogP contribution in [0.15, 0.2) is 35.3 Å². The SMILES string of the molecule is Oc1cnc2oc(-c3cnccn3)nc2c1. The topological polar surface area (TPSA) is 84.9 Å². The minimum Gasteiger partial charge on any atom is -0.506 e. The first-order valence-electron chi connectivity index (χ1n) is 4.55. The number of rotatable bonds is 1. The van der Waals surface area contributed by atoms with Gasteiger partial charge in [-0.1, -0.05) is 0 Å². The second-order valence-corrected chi connectivity index (χ2v) is 3.13. The zero-order valence-corrected chi connectivity index (χ0v) is 8.03. The van der Waals surface area contributed by atoms with E-state index in [1.165, 1.54) is 12.3 Å². The monoisotopic (exact) mass is 214 g/mol. The molecule has 16 heavy (non-hydrogen) atoms. The van der Waals surface area contributed by atoms with E-state index in [0.29, 0.717) is 22.8 Å². The van der Waals surface area contributed by atoms with Gasteiger partial charge in [-0.25, -0.2) is 15.0 Å². The summed E-state index contributed by atoms with van der Waals surface area (Å²) in [5.41, 5.74) is 1.37. The first-order valence-corrected chi connectivity index (χ1v) is 4.55. The van der Waals surface area contributed by atoms with Crippen molar-refractivity contribution in [3.63, 3.8) is 0 Å². The van der Waals surface area contributed by atoms with Crippen LogP contribution in [0.25, 0.3) is 22.8 Å². The lowest BCUT2D eigenvalue weighted by Crippen LogP contribution is -1.82. The molecule has 0 unspecified atom stereocenters. The summed E-state index contributed by atoms with van der Waals surface area (Å²) >= 11 is 0. The minimum atomic E-state index is 0.0477. The minimum absolute atomic E-state index is 0.0477. The zero-order valence-electron chi connectivity index (χ0n) is 8.03. The lowest BCUT2D eigenvalue weighted by Gasteiger charge is -1.89. The average Bonchev–Trinajstić information content (AvgIpc) is 2.73. The maximum Gasteiger partial charge on any atom is 0.249 e. The molecule has 0 aliphatic carbocycles. The maximum absolute atomic E-state index is 9.24. The Balaban J connectivity index is 2.19. The second kappa shape index (κ2) is 3.27. The highest BCUT2D eigenvalue weighted by atomic mass is 16.4. The number of fused-ring (bicyclic) bond motifs is 1. The van der Waals surface area contributed by atoms with E-state index in [1.54, 1.807) is 18.6 Å². The Morgan fingerprint density at radius 1 is 1.12 bits per heavy atom. The molecule has 0 fully saturated rings. The van der Waals surface area contributed by atoms with E-state index in [-0.39, 0.29) is 5.75 Å². The molecule has 0 atom stereocenters. The summed E-state index contributed by atoms with van der Waals surface area (Å²) in [6.07, 6.45) is 5.96. The van der Waals surface area contributed by atoms with Gasteiger partial charge in [0.05, 0.1) is 12.4 Å². The molecule has 78 valence electrons. The summed E-state index contributed by atoms with van der Waals surface area (Å²) in [7, 11) is 0. The van der Waals surface area contributed by atoms with Crippen molar-refractivity contribution >= 4 is 11.2 Å². The summed E-state index contributed by atoms with van der Waals surface area (Å²) in [6.45, 7) is 0. The van der Waals surface area contributed by atoms with Crippen LogP contribution in [0.1, 0.15) is 0 Å². The lowest BCUT2D eigenvalue weighted by atomic mass is 10.4. The Bertz CT molecular complexity index is 636. The van der Waals surface area contributed by atoms with Gasteiger partial charge in [0.25, 0.3) is 0 Å². The van der Waals surface area contributed by atoms with E-state index in [1.807, 2.05) is 0 Å². The summed E-state index contributed by atoms with van der Waals surface area (Å²) < 4.78 is 5.37. The summed E-state index contributed by atoms with van der Waals surface area (Å²) in [6, 6.07) is 1.48. The molecule has 0 saturated heterocycles. The van der Waals surface area contributed by atoms with Crippen LogP contribution in [0, 0.1) is 0 Å². The highest BCUT2D eigenvalue weighted by Gasteiger charge is 2.10. The number of oxazole rings is 1. The van der Waals surface area contributed by atoms with Gasteiger partial charge in [0.2, 0.25) is 11.6 Å². The third-order valence-corrected chi connectivity index (χ3v) is 2.02. The molecule has 3 heterocycles. The maximum atomic E-state index is 9.24. The quantitative estimate of drug-likeness (QED) is 0.658. The predicted octanol–water partition coefficient (Wildman–Crippen LogP) is 1.39.